The largest absolute Gasteiger partial charge is 0.480 e. The van der Waals surface area contributed by atoms with Crippen LogP contribution in [0.15, 0.2) is 0 Å². The third-order valence-corrected chi connectivity index (χ3v) is 4.58. The molecule has 2 heterocycles. The van der Waals surface area contributed by atoms with Gasteiger partial charge in [-0.05, 0) is 24.0 Å². The molecule has 18 heavy (non-hydrogen) atoms. The SMILES string of the molecule is O=C(O)C1CSC(C2CC2)N1C(=O)c1nn[nH]n1. The number of H-pyrrole nitrogens is 1. The minimum Gasteiger partial charge on any atom is -0.480 e. The van der Waals surface area contributed by atoms with E-state index in [0.717, 1.165) is 12.8 Å². The van der Waals surface area contributed by atoms with Gasteiger partial charge in [-0.2, -0.15) is 5.21 Å². The Kier molecular flexibility index (Phi) is 2.69. The first kappa shape index (κ1) is 11.5. The Hall–Kier alpha value is -1.64. The summed E-state index contributed by atoms with van der Waals surface area (Å²) < 4.78 is 0. The number of rotatable bonds is 3. The highest BCUT2D eigenvalue weighted by Crippen LogP contribution is 2.45. The van der Waals surface area contributed by atoms with E-state index in [9.17, 15) is 14.7 Å². The van der Waals surface area contributed by atoms with Gasteiger partial charge in [0, 0.05) is 5.75 Å². The van der Waals surface area contributed by atoms with Crippen LogP contribution in [0.25, 0.3) is 0 Å². The average molecular weight is 269 g/mol. The summed E-state index contributed by atoms with van der Waals surface area (Å²) in [6.45, 7) is 0. The fourth-order valence-electron chi connectivity index (χ4n) is 2.09. The van der Waals surface area contributed by atoms with Gasteiger partial charge in [0.15, 0.2) is 0 Å². The summed E-state index contributed by atoms with van der Waals surface area (Å²) in [5.74, 6) is -0.703. The van der Waals surface area contributed by atoms with Gasteiger partial charge in [-0.3, -0.25) is 4.79 Å². The molecule has 2 unspecified atom stereocenters. The van der Waals surface area contributed by atoms with Crippen molar-refractivity contribution in [3.05, 3.63) is 5.82 Å². The number of hydrogen-bond donors (Lipinski definition) is 2. The van der Waals surface area contributed by atoms with Crippen molar-refractivity contribution in [1.29, 1.82) is 0 Å². The molecule has 8 nitrogen and oxygen atoms in total. The van der Waals surface area contributed by atoms with Crippen LogP contribution in [0.1, 0.15) is 23.5 Å². The standard InChI is InChI=1S/C9H11N5O3S/c15-7(6-10-12-13-11-6)14-5(9(16)17)3-18-8(14)4-1-2-4/h4-5,8H,1-3H2,(H,16,17)(H,10,11,12,13). The molecule has 2 atom stereocenters. The number of carboxylic acids is 1. The zero-order chi connectivity index (χ0) is 12.7. The van der Waals surface area contributed by atoms with E-state index in [4.69, 9.17) is 0 Å². The van der Waals surface area contributed by atoms with E-state index in [1.54, 1.807) is 0 Å². The number of carbonyl (C=O) groups excluding carboxylic acids is 1. The maximum atomic E-state index is 12.2. The smallest absolute Gasteiger partial charge is 0.327 e. The number of carbonyl (C=O) groups is 2. The highest BCUT2D eigenvalue weighted by atomic mass is 32.2. The Morgan fingerprint density at radius 2 is 2.22 bits per heavy atom. The number of carboxylic acid groups (broad SMARTS) is 1. The normalized spacial score (nSPS) is 27.4. The second kappa shape index (κ2) is 4.23. The summed E-state index contributed by atoms with van der Waals surface area (Å²) in [7, 11) is 0. The van der Waals surface area contributed by atoms with E-state index in [0.29, 0.717) is 11.7 Å². The van der Waals surface area contributed by atoms with Crippen LogP contribution in [0.2, 0.25) is 0 Å². The summed E-state index contributed by atoms with van der Waals surface area (Å²) in [5.41, 5.74) is 0. The second-order valence-corrected chi connectivity index (χ2v) is 5.51. The number of tetrazole rings is 1. The summed E-state index contributed by atoms with van der Waals surface area (Å²) in [6.07, 6.45) is 2.08. The van der Waals surface area contributed by atoms with E-state index < -0.39 is 17.9 Å². The third kappa shape index (κ3) is 1.84. The minimum absolute atomic E-state index is 0.0721. The topological polar surface area (TPSA) is 112 Å². The van der Waals surface area contributed by atoms with Gasteiger partial charge in [0.05, 0.1) is 5.37 Å². The van der Waals surface area contributed by atoms with Crippen molar-refractivity contribution >= 4 is 23.6 Å². The van der Waals surface area contributed by atoms with Gasteiger partial charge in [-0.25, -0.2) is 4.79 Å². The molecule has 0 bridgehead atoms. The van der Waals surface area contributed by atoms with Crippen LogP contribution in [0, 0.1) is 5.92 Å². The van der Waals surface area contributed by atoms with E-state index in [2.05, 4.69) is 20.6 Å². The van der Waals surface area contributed by atoms with E-state index in [1.165, 1.54) is 16.7 Å². The molecule has 9 heteroatoms. The van der Waals surface area contributed by atoms with E-state index in [-0.39, 0.29) is 11.2 Å². The molecule has 96 valence electrons. The molecule has 0 aromatic carbocycles. The summed E-state index contributed by atoms with van der Waals surface area (Å²) in [5, 5.41) is 21.9. The van der Waals surface area contributed by atoms with Crippen molar-refractivity contribution in [3.63, 3.8) is 0 Å². The molecule has 3 rings (SSSR count). The van der Waals surface area contributed by atoms with Crippen molar-refractivity contribution in [1.82, 2.24) is 25.5 Å². The van der Waals surface area contributed by atoms with Crippen LogP contribution < -0.4 is 0 Å². The fraction of sp³-hybridized carbons (Fsp3) is 0.667. The van der Waals surface area contributed by atoms with E-state index in [1.807, 2.05) is 0 Å². The number of nitrogens with one attached hydrogen (secondary N) is 1. The van der Waals surface area contributed by atoms with Crippen LogP contribution >= 0.6 is 11.8 Å². The van der Waals surface area contributed by atoms with Gasteiger partial charge in [0.2, 0.25) is 0 Å². The molecule has 0 radical (unpaired) electrons. The summed E-state index contributed by atoms with van der Waals surface area (Å²) >= 11 is 1.52. The molecule has 0 spiro atoms. The van der Waals surface area contributed by atoms with Gasteiger partial charge in [-0.1, -0.05) is 0 Å². The second-order valence-electron chi connectivity index (χ2n) is 4.36. The van der Waals surface area contributed by atoms with Gasteiger partial charge in [0.1, 0.15) is 6.04 Å². The molecule has 1 saturated carbocycles. The van der Waals surface area contributed by atoms with Crippen molar-refractivity contribution < 1.29 is 14.7 Å². The molecule has 2 fully saturated rings. The molecule has 1 saturated heterocycles. The zero-order valence-corrected chi connectivity index (χ0v) is 10.1. The Labute approximate surface area is 106 Å². The Balaban J connectivity index is 1.88. The number of aromatic amines is 1. The van der Waals surface area contributed by atoms with Crippen LogP contribution in [0.5, 0.6) is 0 Å². The number of thioether (sulfide) groups is 1. The average Bonchev–Trinajstić information content (AvgIpc) is 2.91. The molecule has 1 aromatic heterocycles. The number of amides is 1. The van der Waals surface area contributed by atoms with Crippen LogP contribution in [0.3, 0.4) is 0 Å². The highest BCUT2D eigenvalue weighted by Gasteiger charge is 2.48. The number of aromatic nitrogens is 4. The van der Waals surface area contributed by atoms with Gasteiger partial charge in [-0.15, -0.1) is 22.0 Å². The Bertz CT molecular complexity index is 475. The molecule has 1 aromatic rings. The van der Waals surface area contributed by atoms with Crippen molar-refractivity contribution in [3.8, 4) is 0 Å². The monoisotopic (exact) mass is 269 g/mol. The predicted molar refractivity (Wildman–Crippen MR) is 60.7 cm³/mol. The maximum Gasteiger partial charge on any atom is 0.327 e. The van der Waals surface area contributed by atoms with Crippen LogP contribution in [-0.2, 0) is 4.79 Å². The Morgan fingerprint density at radius 1 is 1.44 bits per heavy atom. The maximum absolute atomic E-state index is 12.2. The molecule has 1 amide bonds. The summed E-state index contributed by atoms with van der Waals surface area (Å²) in [4.78, 5) is 24.8. The Morgan fingerprint density at radius 3 is 2.78 bits per heavy atom. The number of hydrogen-bond acceptors (Lipinski definition) is 6. The van der Waals surface area contributed by atoms with Crippen molar-refractivity contribution in [2.24, 2.45) is 5.92 Å². The lowest BCUT2D eigenvalue weighted by Gasteiger charge is -2.25. The number of aliphatic carboxylic acids is 1. The van der Waals surface area contributed by atoms with Crippen LogP contribution in [-0.4, -0.2) is 59.7 Å². The minimum atomic E-state index is -0.984. The van der Waals surface area contributed by atoms with Crippen molar-refractivity contribution in [2.45, 2.75) is 24.3 Å². The highest BCUT2D eigenvalue weighted by molar-refractivity contribution is 8.00. The van der Waals surface area contributed by atoms with Gasteiger partial charge < -0.3 is 10.0 Å². The summed E-state index contributed by atoms with van der Waals surface area (Å²) in [6, 6.07) is -0.799. The lowest BCUT2D eigenvalue weighted by molar-refractivity contribution is -0.141. The molecular weight excluding hydrogens is 258 g/mol. The molecular formula is C9H11N5O3S. The third-order valence-electron chi connectivity index (χ3n) is 3.12. The van der Waals surface area contributed by atoms with Gasteiger partial charge >= 0.3 is 5.97 Å². The van der Waals surface area contributed by atoms with Crippen LogP contribution in [0.4, 0.5) is 0 Å². The van der Waals surface area contributed by atoms with E-state index >= 15 is 0 Å². The first-order valence-electron chi connectivity index (χ1n) is 5.59. The number of nitrogens with zero attached hydrogens (tertiary/aromatic N) is 4. The first-order chi connectivity index (χ1) is 8.68. The lowest BCUT2D eigenvalue weighted by atomic mass is 10.2. The fourth-order valence-corrected chi connectivity index (χ4v) is 3.72. The molecule has 2 N–H and O–H groups in total. The zero-order valence-electron chi connectivity index (χ0n) is 9.31. The molecule has 2 aliphatic rings. The first-order valence-corrected chi connectivity index (χ1v) is 6.64. The quantitative estimate of drug-likeness (QED) is 0.766. The molecule has 1 aliphatic carbocycles. The van der Waals surface area contributed by atoms with Gasteiger partial charge in [0.25, 0.3) is 11.7 Å². The lowest BCUT2D eigenvalue weighted by Crippen LogP contribution is -2.46. The molecule has 1 aliphatic heterocycles. The van der Waals surface area contributed by atoms with Crippen molar-refractivity contribution in [2.75, 3.05) is 5.75 Å². The predicted octanol–water partition coefficient (Wildman–Crippen LogP) is -0.422.